The quantitative estimate of drug-likeness (QED) is 0.858. The Balaban J connectivity index is 2.03. The summed E-state index contributed by atoms with van der Waals surface area (Å²) < 4.78 is 16.4. The summed E-state index contributed by atoms with van der Waals surface area (Å²) in [7, 11) is 5.06. The van der Waals surface area contributed by atoms with Crippen molar-refractivity contribution in [1.82, 2.24) is 10.2 Å². The Labute approximate surface area is 118 Å². The SMILES string of the molecule is COc1cc(CNCC(=O)N(C)C)cc2c1OCCO2. The number of methoxy groups -OCH3 is 1. The molecule has 6 heteroatoms. The Bertz CT molecular complexity index is 471. The fourth-order valence-electron chi connectivity index (χ4n) is 1.90. The molecule has 2 rings (SSSR count). The third-order valence-electron chi connectivity index (χ3n) is 2.99. The summed E-state index contributed by atoms with van der Waals surface area (Å²) in [6, 6.07) is 3.80. The fourth-order valence-corrected chi connectivity index (χ4v) is 1.90. The van der Waals surface area contributed by atoms with Gasteiger partial charge in [0.05, 0.1) is 13.7 Å². The van der Waals surface area contributed by atoms with Gasteiger partial charge in [-0.3, -0.25) is 4.79 Å². The van der Waals surface area contributed by atoms with Gasteiger partial charge in [0.2, 0.25) is 11.7 Å². The van der Waals surface area contributed by atoms with Gasteiger partial charge in [0.25, 0.3) is 0 Å². The Hall–Kier alpha value is -1.95. The number of rotatable bonds is 5. The summed E-state index contributed by atoms with van der Waals surface area (Å²) in [5.74, 6) is 2.02. The van der Waals surface area contributed by atoms with E-state index >= 15 is 0 Å². The minimum Gasteiger partial charge on any atom is -0.493 e. The first-order valence-corrected chi connectivity index (χ1v) is 6.49. The molecule has 0 atom stereocenters. The molecule has 6 nitrogen and oxygen atoms in total. The molecule has 1 aliphatic heterocycles. The number of amides is 1. The van der Waals surface area contributed by atoms with Crippen LogP contribution in [-0.2, 0) is 11.3 Å². The highest BCUT2D eigenvalue weighted by Crippen LogP contribution is 2.40. The third kappa shape index (κ3) is 3.33. The van der Waals surface area contributed by atoms with Crippen LogP contribution in [0.1, 0.15) is 5.56 Å². The molecule has 1 aliphatic rings. The third-order valence-corrected chi connectivity index (χ3v) is 2.99. The molecule has 0 bridgehead atoms. The summed E-state index contributed by atoms with van der Waals surface area (Å²) in [5.41, 5.74) is 0.984. The molecule has 110 valence electrons. The molecule has 0 radical (unpaired) electrons. The van der Waals surface area contributed by atoms with Gasteiger partial charge < -0.3 is 24.4 Å². The van der Waals surface area contributed by atoms with E-state index in [-0.39, 0.29) is 5.91 Å². The molecule has 0 unspecified atom stereocenters. The maximum Gasteiger partial charge on any atom is 0.236 e. The molecule has 0 aliphatic carbocycles. The highest BCUT2D eigenvalue weighted by atomic mass is 16.6. The van der Waals surface area contributed by atoms with E-state index in [4.69, 9.17) is 14.2 Å². The average Bonchev–Trinajstić information content (AvgIpc) is 2.46. The molecule has 1 aromatic rings. The Morgan fingerprint density at radius 2 is 2.10 bits per heavy atom. The topological polar surface area (TPSA) is 60.0 Å². The van der Waals surface area contributed by atoms with E-state index in [1.165, 1.54) is 0 Å². The smallest absolute Gasteiger partial charge is 0.236 e. The predicted molar refractivity (Wildman–Crippen MR) is 74.4 cm³/mol. The summed E-state index contributed by atoms with van der Waals surface area (Å²) >= 11 is 0. The number of likely N-dealkylation sites (N-methyl/N-ethyl adjacent to an activating group) is 1. The molecule has 1 N–H and O–H groups in total. The standard InChI is InChI=1S/C14H20N2O4/c1-16(2)13(17)9-15-8-10-6-11(18-3)14-12(7-10)19-4-5-20-14/h6-7,15H,4-5,8-9H2,1-3H3. The Morgan fingerprint density at radius 1 is 1.35 bits per heavy atom. The van der Waals surface area contributed by atoms with Crippen LogP contribution in [0.2, 0.25) is 0 Å². The van der Waals surface area contributed by atoms with Crippen LogP contribution in [0.4, 0.5) is 0 Å². The van der Waals surface area contributed by atoms with Gasteiger partial charge in [-0.25, -0.2) is 0 Å². The molecule has 0 spiro atoms. The van der Waals surface area contributed by atoms with E-state index in [2.05, 4.69) is 5.32 Å². The van der Waals surface area contributed by atoms with E-state index in [0.29, 0.717) is 43.6 Å². The number of hydrogen-bond donors (Lipinski definition) is 1. The van der Waals surface area contributed by atoms with Crippen molar-refractivity contribution in [2.24, 2.45) is 0 Å². The van der Waals surface area contributed by atoms with Crippen molar-refractivity contribution >= 4 is 5.91 Å². The van der Waals surface area contributed by atoms with Crippen LogP contribution >= 0.6 is 0 Å². The van der Waals surface area contributed by atoms with E-state index in [9.17, 15) is 4.79 Å². The predicted octanol–water partition coefficient (Wildman–Crippen LogP) is 0.644. The van der Waals surface area contributed by atoms with Gasteiger partial charge in [0, 0.05) is 20.6 Å². The number of nitrogens with one attached hydrogen (secondary N) is 1. The lowest BCUT2D eigenvalue weighted by atomic mass is 10.1. The first-order valence-electron chi connectivity index (χ1n) is 6.49. The first kappa shape index (κ1) is 14.5. The molecule has 0 aromatic heterocycles. The molecule has 0 saturated heterocycles. The van der Waals surface area contributed by atoms with Crippen LogP contribution in [-0.4, -0.2) is 51.8 Å². The van der Waals surface area contributed by atoms with Crippen molar-refractivity contribution in [2.75, 3.05) is 41.0 Å². The summed E-state index contributed by atoms with van der Waals surface area (Å²) in [6.07, 6.45) is 0. The van der Waals surface area contributed by atoms with Crippen LogP contribution in [0.15, 0.2) is 12.1 Å². The van der Waals surface area contributed by atoms with Crippen molar-refractivity contribution < 1.29 is 19.0 Å². The minimum atomic E-state index is 0.0366. The van der Waals surface area contributed by atoms with Crippen molar-refractivity contribution in [3.8, 4) is 17.2 Å². The number of nitrogens with zero attached hydrogens (tertiary/aromatic N) is 1. The van der Waals surface area contributed by atoms with Gasteiger partial charge in [-0.05, 0) is 17.7 Å². The highest BCUT2D eigenvalue weighted by molar-refractivity contribution is 5.77. The monoisotopic (exact) mass is 280 g/mol. The van der Waals surface area contributed by atoms with Crippen molar-refractivity contribution in [3.05, 3.63) is 17.7 Å². The van der Waals surface area contributed by atoms with Gasteiger partial charge in [-0.2, -0.15) is 0 Å². The zero-order valence-electron chi connectivity index (χ0n) is 12.1. The molecular formula is C14H20N2O4. The van der Waals surface area contributed by atoms with E-state index in [1.807, 2.05) is 12.1 Å². The minimum absolute atomic E-state index is 0.0366. The summed E-state index contributed by atoms with van der Waals surface area (Å²) in [6.45, 7) is 1.92. The second kappa shape index (κ2) is 6.47. The average molecular weight is 280 g/mol. The van der Waals surface area contributed by atoms with Gasteiger partial charge in [0.1, 0.15) is 13.2 Å². The molecule has 1 heterocycles. The van der Waals surface area contributed by atoms with Crippen LogP contribution in [0.3, 0.4) is 0 Å². The van der Waals surface area contributed by atoms with Crippen molar-refractivity contribution in [1.29, 1.82) is 0 Å². The van der Waals surface area contributed by atoms with Crippen molar-refractivity contribution in [3.63, 3.8) is 0 Å². The number of fused-ring (bicyclic) bond motifs is 1. The molecule has 1 amide bonds. The maximum atomic E-state index is 11.5. The van der Waals surface area contributed by atoms with Gasteiger partial charge >= 0.3 is 0 Å². The van der Waals surface area contributed by atoms with Crippen LogP contribution in [0.25, 0.3) is 0 Å². The molecule has 20 heavy (non-hydrogen) atoms. The normalized spacial score (nSPS) is 12.9. The van der Waals surface area contributed by atoms with Crippen molar-refractivity contribution in [2.45, 2.75) is 6.54 Å². The van der Waals surface area contributed by atoms with E-state index in [0.717, 1.165) is 5.56 Å². The number of ether oxygens (including phenoxy) is 3. The lowest BCUT2D eigenvalue weighted by molar-refractivity contribution is -0.127. The number of carbonyl (C=O) groups is 1. The first-order chi connectivity index (χ1) is 9.61. The maximum absolute atomic E-state index is 11.5. The number of hydrogen-bond acceptors (Lipinski definition) is 5. The van der Waals surface area contributed by atoms with Gasteiger partial charge in [-0.15, -0.1) is 0 Å². The molecule has 1 aromatic carbocycles. The second-order valence-electron chi connectivity index (χ2n) is 4.71. The largest absolute Gasteiger partial charge is 0.493 e. The fraction of sp³-hybridized carbons (Fsp3) is 0.500. The van der Waals surface area contributed by atoms with Crippen LogP contribution in [0.5, 0.6) is 17.2 Å². The Kier molecular flexibility index (Phi) is 4.68. The van der Waals surface area contributed by atoms with Gasteiger partial charge in [-0.1, -0.05) is 0 Å². The number of benzene rings is 1. The van der Waals surface area contributed by atoms with Crippen LogP contribution in [0, 0.1) is 0 Å². The highest BCUT2D eigenvalue weighted by Gasteiger charge is 2.18. The lowest BCUT2D eigenvalue weighted by Gasteiger charge is -2.21. The van der Waals surface area contributed by atoms with Crippen LogP contribution < -0.4 is 19.5 Å². The molecular weight excluding hydrogens is 260 g/mol. The summed E-state index contributed by atoms with van der Waals surface area (Å²) in [5, 5.41) is 3.10. The number of carbonyl (C=O) groups excluding carboxylic acids is 1. The molecule has 0 fully saturated rings. The summed E-state index contributed by atoms with van der Waals surface area (Å²) in [4.78, 5) is 13.0. The van der Waals surface area contributed by atoms with Gasteiger partial charge in [0.15, 0.2) is 11.5 Å². The lowest BCUT2D eigenvalue weighted by Crippen LogP contribution is -2.32. The second-order valence-corrected chi connectivity index (χ2v) is 4.71. The van der Waals surface area contributed by atoms with E-state index in [1.54, 1.807) is 26.1 Å². The van der Waals surface area contributed by atoms with E-state index < -0.39 is 0 Å². The zero-order chi connectivity index (χ0) is 14.5. The molecule has 0 saturated carbocycles. The Morgan fingerprint density at radius 3 is 2.80 bits per heavy atom. The zero-order valence-corrected chi connectivity index (χ0v) is 12.1.